The first-order valence-electron chi connectivity index (χ1n) is 5.81. The Balaban J connectivity index is 3.24. The molecule has 4 heteroatoms. The van der Waals surface area contributed by atoms with Crippen LogP contribution in [-0.2, 0) is 15.5 Å². The minimum atomic E-state index is -0.299. The highest BCUT2D eigenvalue weighted by Crippen LogP contribution is 2.33. The number of furan rings is 1. The Morgan fingerprint density at radius 2 is 2.12 bits per heavy atom. The summed E-state index contributed by atoms with van der Waals surface area (Å²) in [4.78, 5) is 12.0. The normalized spacial score (nSPS) is 11.6. The predicted octanol–water partition coefficient (Wildman–Crippen LogP) is 4.04. The van der Waals surface area contributed by atoms with Crippen LogP contribution < -0.4 is 0 Å². The molecular weight excluding hydrogens is 284 g/mol. The third-order valence-corrected chi connectivity index (χ3v) is 3.59. The monoisotopic (exact) mass is 302 g/mol. The van der Waals surface area contributed by atoms with Crippen LogP contribution in [0.1, 0.15) is 55.8 Å². The molecule has 0 aliphatic heterocycles. The number of esters is 1. The quantitative estimate of drug-likeness (QED) is 0.609. The summed E-state index contributed by atoms with van der Waals surface area (Å²) in [5, 5.41) is 0.515. The van der Waals surface area contributed by atoms with Crippen molar-refractivity contribution in [2.24, 2.45) is 0 Å². The molecule has 0 aliphatic rings. The lowest BCUT2D eigenvalue weighted by Crippen LogP contribution is -2.20. The molecule has 0 saturated heterocycles. The Morgan fingerprint density at radius 3 is 2.59 bits per heavy atom. The van der Waals surface area contributed by atoms with Gasteiger partial charge in [-0.3, -0.25) is 0 Å². The van der Waals surface area contributed by atoms with E-state index in [9.17, 15) is 4.79 Å². The van der Waals surface area contributed by atoms with Crippen molar-refractivity contribution in [1.29, 1.82) is 0 Å². The summed E-state index contributed by atoms with van der Waals surface area (Å²) in [5.41, 5.74) is 1.41. The molecule has 0 aliphatic carbocycles. The summed E-state index contributed by atoms with van der Waals surface area (Å²) >= 11 is 3.33. The molecule has 0 saturated carbocycles. The van der Waals surface area contributed by atoms with Crippen LogP contribution >= 0.6 is 15.9 Å². The maximum absolute atomic E-state index is 12.0. The van der Waals surface area contributed by atoms with Crippen molar-refractivity contribution in [3.63, 3.8) is 0 Å². The van der Waals surface area contributed by atoms with E-state index in [1.54, 1.807) is 13.2 Å². The zero-order chi connectivity index (χ0) is 13.1. The first-order chi connectivity index (χ1) is 7.97. The summed E-state index contributed by atoms with van der Waals surface area (Å²) in [6.07, 6.45) is 2.60. The van der Waals surface area contributed by atoms with Gasteiger partial charge in [-0.25, -0.2) is 4.79 Å². The van der Waals surface area contributed by atoms with E-state index in [0.717, 1.165) is 12.0 Å². The van der Waals surface area contributed by atoms with Crippen molar-refractivity contribution in [3.8, 4) is 0 Å². The predicted molar refractivity (Wildman–Crippen MR) is 70.6 cm³/mol. The molecular formula is C13H19BrO3. The van der Waals surface area contributed by atoms with Gasteiger partial charge in [-0.2, -0.15) is 0 Å². The molecule has 0 spiro atoms. The fourth-order valence-corrected chi connectivity index (χ4v) is 2.02. The highest BCUT2D eigenvalue weighted by atomic mass is 79.9. The third kappa shape index (κ3) is 2.92. The van der Waals surface area contributed by atoms with Crippen molar-refractivity contribution in [3.05, 3.63) is 23.2 Å². The second-order valence-electron chi connectivity index (χ2n) is 4.54. The second-order valence-corrected chi connectivity index (χ2v) is 5.10. The lowest BCUT2D eigenvalue weighted by Gasteiger charge is -2.22. The van der Waals surface area contributed by atoms with E-state index >= 15 is 0 Å². The average molecular weight is 303 g/mol. The summed E-state index contributed by atoms with van der Waals surface area (Å²) in [6.45, 7) is 8.46. The van der Waals surface area contributed by atoms with Gasteiger partial charge in [0.1, 0.15) is 11.3 Å². The molecule has 0 fully saturated rings. The standard InChI is InChI=1S/C13H19BrO3/c1-5-13(3,4)9-8-17-10(7-14)11(9)12(15)16-6-2/h8H,5-7H2,1-4H3. The van der Waals surface area contributed by atoms with Gasteiger partial charge < -0.3 is 9.15 Å². The van der Waals surface area contributed by atoms with E-state index in [4.69, 9.17) is 9.15 Å². The maximum Gasteiger partial charge on any atom is 0.342 e. The Kier molecular flexibility index (Phi) is 4.80. The molecule has 1 aromatic rings. The van der Waals surface area contributed by atoms with Crippen molar-refractivity contribution in [2.75, 3.05) is 6.61 Å². The molecule has 1 rings (SSSR count). The van der Waals surface area contributed by atoms with Crippen LogP contribution in [-0.4, -0.2) is 12.6 Å². The summed E-state index contributed by atoms with van der Waals surface area (Å²) in [6, 6.07) is 0. The van der Waals surface area contributed by atoms with Crippen LogP contribution in [0.5, 0.6) is 0 Å². The second kappa shape index (κ2) is 5.71. The largest absolute Gasteiger partial charge is 0.467 e. The SMILES string of the molecule is CCOC(=O)c1c(C(C)(C)CC)coc1CBr. The van der Waals surface area contributed by atoms with E-state index in [0.29, 0.717) is 23.3 Å². The maximum atomic E-state index is 12.0. The highest BCUT2D eigenvalue weighted by Gasteiger charge is 2.30. The van der Waals surface area contributed by atoms with Crippen LogP contribution in [0.3, 0.4) is 0 Å². The van der Waals surface area contributed by atoms with Crippen LogP contribution in [0.2, 0.25) is 0 Å². The highest BCUT2D eigenvalue weighted by molar-refractivity contribution is 9.08. The number of rotatable bonds is 5. The third-order valence-electron chi connectivity index (χ3n) is 3.08. The van der Waals surface area contributed by atoms with Gasteiger partial charge in [0.2, 0.25) is 0 Å². The minimum Gasteiger partial charge on any atom is -0.467 e. The number of carbonyl (C=O) groups is 1. The van der Waals surface area contributed by atoms with E-state index in [1.165, 1.54) is 0 Å². The smallest absolute Gasteiger partial charge is 0.342 e. The number of halogens is 1. The lowest BCUT2D eigenvalue weighted by atomic mass is 9.81. The van der Waals surface area contributed by atoms with E-state index in [1.807, 2.05) is 0 Å². The molecule has 17 heavy (non-hydrogen) atoms. The van der Waals surface area contributed by atoms with Crippen molar-refractivity contribution < 1.29 is 13.9 Å². The molecule has 96 valence electrons. The number of ether oxygens (including phenoxy) is 1. The van der Waals surface area contributed by atoms with Crippen LogP contribution in [0.15, 0.2) is 10.7 Å². The molecule has 0 amide bonds. The number of carbonyl (C=O) groups excluding carboxylic acids is 1. The van der Waals surface area contributed by atoms with E-state index in [2.05, 4.69) is 36.7 Å². The fraction of sp³-hybridized carbons (Fsp3) is 0.615. The topological polar surface area (TPSA) is 39.4 Å². The van der Waals surface area contributed by atoms with Crippen molar-refractivity contribution in [2.45, 2.75) is 44.9 Å². The summed E-state index contributed by atoms with van der Waals surface area (Å²) < 4.78 is 10.5. The van der Waals surface area contributed by atoms with Gasteiger partial charge in [0, 0.05) is 5.56 Å². The van der Waals surface area contributed by atoms with Gasteiger partial charge in [0.15, 0.2) is 0 Å². The Bertz CT molecular complexity index is 393. The van der Waals surface area contributed by atoms with Gasteiger partial charge in [-0.15, -0.1) is 0 Å². The lowest BCUT2D eigenvalue weighted by molar-refractivity contribution is 0.0521. The molecule has 0 atom stereocenters. The molecule has 1 aromatic heterocycles. The molecule has 1 heterocycles. The minimum absolute atomic E-state index is 0.0913. The van der Waals surface area contributed by atoms with Crippen LogP contribution in [0.4, 0.5) is 0 Å². The molecule has 3 nitrogen and oxygen atoms in total. The van der Waals surface area contributed by atoms with Crippen molar-refractivity contribution in [1.82, 2.24) is 0 Å². The first-order valence-corrected chi connectivity index (χ1v) is 6.94. The molecule has 0 bridgehead atoms. The Labute approximate surface area is 111 Å². The molecule has 0 aromatic carbocycles. The summed E-state index contributed by atoms with van der Waals surface area (Å²) in [5.74, 6) is 0.340. The van der Waals surface area contributed by atoms with Gasteiger partial charge in [-0.1, -0.05) is 36.7 Å². The Morgan fingerprint density at radius 1 is 1.47 bits per heavy atom. The molecule has 0 N–H and O–H groups in total. The van der Waals surface area contributed by atoms with Crippen LogP contribution in [0.25, 0.3) is 0 Å². The zero-order valence-electron chi connectivity index (χ0n) is 10.8. The average Bonchev–Trinajstić information content (AvgIpc) is 2.73. The van der Waals surface area contributed by atoms with Crippen LogP contribution in [0, 0.1) is 0 Å². The zero-order valence-corrected chi connectivity index (χ0v) is 12.4. The summed E-state index contributed by atoms with van der Waals surface area (Å²) in [7, 11) is 0. The van der Waals surface area contributed by atoms with Gasteiger partial charge in [-0.05, 0) is 18.8 Å². The first kappa shape index (κ1) is 14.3. The van der Waals surface area contributed by atoms with Gasteiger partial charge in [0.25, 0.3) is 0 Å². The van der Waals surface area contributed by atoms with Gasteiger partial charge >= 0.3 is 5.97 Å². The Hall–Kier alpha value is -0.770. The van der Waals surface area contributed by atoms with E-state index < -0.39 is 0 Å². The van der Waals surface area contributed by atoms with Gasteiger partial charge in [0.05, 0.1) is 18.2 Å². The number of alkyl halides is 1. The molecule has 0 radical (unpaired) electrons. The number of hydrogen-bond donors (Lipinski definition) is 0. The molecule has 0 unspecified atom stereocenters. The number of hydrogen-bond acceptors (Lipinski definition) is 3. The van der Waals surface area contributed by atoms with E-state index in [-0.39, 0.29) is 11.4 Å². The van der Waals surface area contributed by atoms with Crippen molar-refractivity contribution >= 4 is 21.9 Å². The fourth-order valence-electron chi connectivity index (χ4n) is 1.61.